The molecule has 1 aromatic carbocycles. The largest absolute Gasteiger partial charge is 0.481 e. The van der Waals surface area contributed by atoms with Gasteiger partial charge >= 0.3 is 0 Å². The number of aromatic nitrogens is 2. The Bertz CT molecular complexity index is 808. The van der Waals surface area contributed by atoms with Gasteiger partial charge in [-0.1, -0.05) is 30.3 Å². The molecule has 0 radical (unpaired) electrons. The van der Waals surface area contributed by atoms with Crippen LogP contribution in [0.5, 0.6) is 11.8 Å². The van der Waals surface area contributed by atoms with E-state index in [1.165, 1.54) is 5.56 Å². The molecule has 1 aromatic heterocycles. The summed E-state index contributed by atoms with van der Waals surface area (Å²) in [5, 5.41) is 7.41. The molecule has 2 fully saturated rings. The van der Waals surface area contributed by atoms with E-state index in [2.05, 4.69) is 41.0 Å². The van der Waals surface area contributed by atoms with E-state index in [1.807, 2.05) is 13.8 Å². The molecule has 2 aromatic rings. The van der Waals surface area contributed by atoms with Gasteiger partial charge < -0.3 is 20.1 Å². The number of benzene rings is 1. The predicted molar refractivity (Wildman–Crippen MR) is 113 cm³/mol. The molecule has 2 unspecified atom stereocenters. The maximum Gasteiger partial charge on any atom is 0.225 e. The standard InChI is InChI=1S/C23H32N4O2/c1-15(2)29-23-18(22(28-3)26-21(27-23)17-11-12-17)14-25-19-10-7-13-24-20(19)16-8-5-4-6-9-16/h4-6,8-9,15,17,19-20,24-25H,7,10-14H2,1-3H3. The van der Waals surface area contributed by atoms with Gasteiger partial charge in [0.1, 0.15) is 5.82 Å². The summed E-state index contributed by atoms with van der Waals surface area (Å²) >= 11 is 0. The van der Waals surface area contributed by atoms with Gasteiger partial charge in [-0.3, -0.25) is 0 Å². The second-order valence-corrected chi connectivity index (χ2v) is 8.29. The molecule has 6 nitrogen and oxygen atoms in total. The Morgan fingerprint density at radius 2 is 1.86 bits per heavy atom. The van der Waals surface area contributed by atoms with Gasteiger partial charge in [0.25, 0.3) is 0 Å². The van der Waals surface area contributed by atoms with Crippen LogP contribution in [-0.2, 0) is 6.54 Å². The van der Waals surface area contributed by atoms with Gasteiger partial charge in [0.2, 0.25) is 11.8 Å². The zero-order valence-corrected chi connectivity index (χ0v) is 17.6. The quantitative estimate of drug-likeness (QED) is 0.709. The van der Waals surface area contributed by atoms with Crippen LogP contribution in [-0.4, -0.2) is 35.8 Å². The zero-order valence-electron chi connectivity index (χ0n) is 17.6. The SMILES string of the molecule is COc1nc(C2CC2)nc(OC(C)C)c1CNC1CCCNC1c1ccccc1. The van der Waals surface area contributed by atoms with E-state index in [-0.39, 0.29) is 12.1 Å². The van der Waals surface area contributed by atoms with Gasteiger partial charge in [0, 0.05) is 24.5 Å². The van der Waals surface area contributed by atoms with E-state index < -0.39 is 0 Å². The third-order valence-corrected chi connectivity index (χ3v) is 5.59. The molecular formula is C23H32N4O2. The Hall–Kier alpha value is -2.18. The number of methoxy groups -OCH3 is 1. The Kier molecular flexibility index (Phi) is 6.31. The lowest BCUT2D eigenvalue weighted by atomic mass is 9.92. The van der Waals surface area contributed by atoms with E-state index in [4.69, 9.17) is 19.4 Å². The van der Waals surface area contributed by atoms with Gasteiger partial charge in [-0.2, -0.15) is 9.97 Å². The molecule has 2 aliphatic rings. The number of nitrogens with one attached hydrogen (secondary N) is 2. The highest BCUT2D eigenvalue weighted by molar-refractivity contribution is 5.37. The molecule has 2 N–H and O–H groups in total. The molecule has 156 valence electrons. The van der Waals surface area contributed by atoms with Crippen molar-refractivity contribution in [3.63, 3.8) is 0 Å². The lowest BCUT2D eigenvalue weighted by Crippen LogP contribution is -2.45. The first-order valence-corrected chi connectivity index (χ1v) is 10.8. The average molecular weight is 397 g/mol. The van der Waals surface area contributed by atoms with Crippen LogP contribution in [0.3, 0.4) is 0 Å². The molecule has 0 amide bonds. The van der Waals surface area contributed by atoms with Crippen LogP contribution in [0.15, 0.2) is 30.3 Å². The van der Waals surface area contributed by atoms with Gasteiger partial charge in [0.05, 0.1) is 18.8 Å². The molecule has 1 aliphatic heterocycles. The Morgan fingerprint density at radius 3 is 2.55 bits per heavy atom. The normalized spacial score (nSPS) is 21.9. The third-order valence-electron chi connectivity index (χ3n) is 5.59. The topological polar surface area (TPSA) is 68.3 Å². The fraction of sp³-hybridized carbons (Fsp3) is 0.565. The number of hydrogen-bond donors (Lipinski definition) is 2. The Morgan fingerprint density at radius 1 is 1.10 bits per heavy atom. The number of rotatable bonds is 8. The van der Waals surface area contributed by atoms with Gasteiger partial charge in [-0.05, 0) is 51.6 Å². The first kappa shape index (κ1) is 20.1. The molecule has 0 spiro atoms. The first-order valence-electron chi connectivity index (χ1n) is 10.8. The van der Waals surface area contributed by atoms with Crippen molar-refractivity contribution < 1.29 is 9.47 Å². The Balaban J connectivity index is 1.56. The summed E-state index contributed by atoms with van der Waals surface area (Å²) in [7, 11) is 1.68. The van der Waals surface area contributed by atoms with Crippen molar-refractivity contribution >= 4 is 0 Å². The van der Waals surface area contributed by atoms with E-state index >= 15 is 0 Å². The lowest BCUT2D eigenvalue weighted by molar-refractivity contribution is 0.223. The van der Waals surface area contributed by atoms with Gasteiger partial charge in [-0.25, -0.2) is 0 Å². The molecule has 2 heterocycles. The summed E-state index contributed by atoms with van der Waals surface area (Å²) < 4.78 is 11.7. The minimum atomic E-state index is 0.0498. The molecule has 4 rings (SSSR count). The number of piperidine rings is 1. The molecule has 1 saturated heterocycles. The van der Waals surface area contributed by atoms with Crippen LogP contribution in [0.4, 0.5) is 0 Å². The minimum absolute atomic E-state index is 0.0498. The van der Waals surface area contributed by atoms with Crippen LogP contribution in [0.1, 0.15) is 68.4 Å². The van der Waals surface area contributed by atoms with Crippen molar-refractivity contribution in [1.82, 2.24) is 20.6 Å². The molecule has 29 heavy (non-hydrogen) atoms. The monoisotopic (exact) mass is 396 g/mol. The average Bonchev–Trinajstić information content (AvgIpc) is 3.58. The number of ether oxygens (including phenoxy) is 2. The molecule has 1 saturated carbocycles. The summed E-state index contributed by atoms with van der Waals surface area (Å²) in [6, 6.07) is 11.3. The van der Waals surface area contributed by atoms with E-state index in [0.29, 0.717) is 30.3 Å². The summed E-state index contributed by atoms with van der Waals surface area (Å²) in [6.45, 7) is 5.71. The highest BCUT2D eigenvalue weighted by atomic mass is 16.5. The molecule has 0 bridgehead atoms. The zero-order chi connectivity index (χ0) is 20.2. The maximum atomic E-state index is 6.07. The molecule has 1 aliphatic carbocycles. The van der Waals surface area contributed by atoms with Crippen molar-refractivity contribution in [2.45, 2.75) is 70.2 Å². The summed E-state index contributed by atoms with van der Waals surface area (Å²) in [5.74, 6) is 2.58. The second-order valence-electron chi connectivity index (χ2n) is 8.29. The van der Waals surface area contributed by atoms with E-state index in [9.17, 15) is 0 Å². The van der Waals surface area contributed by atoms with Crippen LogP contribution < -0.4 is 20.1 Å². The minimum Gasteiger partial charge on any atom is -0.481 e. The highest BCUT2D eigenvalue weighted by Crippen LogP contribution is 2.40. The first-order chi connectivity index (χ1) is 14.2. The van der Waals surface area contributed by atoms with E-state index in [0.717, 1.165) is 43.6 Å². The highest BCUT2D eigenvalue weighted by Gasteiger charge is 2.31. The van der Waals surface area contributed by atoms with Gasteiger partial charge in [0.15, 0.2) is 0 Å². The fourth-order valence-electron chi connectivity index (χ4n) is 3.98. The van der Waals surface area contributed by atoms with Crippen LogP contribution in [0.25, 0.3) is 0 Å². The number of hydrogen-bond acceptors (Lipinski definition) is 6. The summed E-state index contributed by atoms with van der Waals surface area (Å²) in [5.41, 5.74) is 2.22. The van der Waals surface area contributed by atoms with Crippen molar-refractivity contribution in [1.29, 1.82) is 0 Å². The fourth-order valence-corrected chi connectivity index (χ4v) is 3.98. The predicted octanol–water partition coefficient (Wildman–Crippen LogP) is 3.73. The molecule has 6 heteroatoms. The van der Waals surface area contributed by atoms with Crippen molar-refractivity contribution in [2.24, 2.45) is 0 Å². The molecular weight excluding hydrogens is 364 g/mol. The smallest absolute Gasteiger partial charge is 0.225 e. The van der Waals surface area contributed by atoms with Gasteiger partial charge in [-0.15, -0.1) is 0 Å². The van der Waals surface area contributed by atoms with Crippen molar-refractivity contribution in [3.05, 3.63) is 47.3 Å². The van der Waals surface area contributed by atoms with Crippen LogP contribution >= 0.6 is 0 Å². The van der Waals surface area contributed by atoms with Crippen LogP contribution in [0.2, 0.25) is 0 Å². The number of nitrogens with zero attached hydrogens (tertiary/aromatic N) is 2. The third kappa shape index (κ3) is 4.87. The van der Waals surface area contributed by atoms with E-state index in [1.54, 1.807) is 7.11 Å². The molecule has 2 atom stereocenters. The van der Waals surface area contributed by atoms with Crippen molar-refractivity contribution in [3.8, 4) is 11.8 Å². The van der Waals surface area contributed by atoms with Crippen LogP contribution in [0, 0.1) is 0 Å². The summed E-state index contributed by atoms with van der Waals surface area (Å²) in [6.07, 6.45) is 4.62. The summed E-state index contributed by atoms with van der Waals surface area (Å²) in [4.78, 5) is 9.45. The van der Waals surface area contributed by atoms with Crippen molar-refractivity contribution in [2.75, 3.05) is 13.7 Å². The maximum absolute atomic E-state index is 6.07. The Labute approximate surface area is 173 Å². The second kappa shape index (κ2) is 9.09. The lowest BCUT2D eigenvalue weighted by Gasteiger charge is -2.34.